The second kappa shape index (κ2) is 7.52. The maximum absolute atomic E-state index is 12.8. The van der Waals surface area contributed by atoms with E-state index in [9.17, 15) is 4.79 Å². The number of benzene rings is 2. The number of nitrogens with one attached hydrogen (secondary N) is 1. The van der Waals surface area contributed by atoms with Gasteiger partial charge in [-0.3, -0.25) is 9.48 Å². The molecule has 2 aromatic heterocycles. The Labute approximate surface area is 167 Å². The van der Waals surface area contributed by atoms with Gasteiger partial charge in [-0.2, -0.15) is 5.10 Å². The van der Waals surface area contributed by atoms with Crippen LogP contribution in [0.3, 0.4) is 0 Å². The van der Waals surface area contributed by atoms with Crippen LogP contribution in [0.2, 0.25) is 0 Å². The van der Waals surface area contributed by atoms with Crippen molar-refractivity contribution in [3.8, 4) is 11.3 Å². The molecular weight excluding hydrogens is 368 g/mol. The number of nitrogens with zero attached hydrogens (tertiary/aromatic N) is 3. The van der Waals surface area contributed by atoms with Crippen LogP contribution in [-0.2, 0) is 4.74 Å². The van der Waals surface area contributed by atoms with Gasteiger partial charge in [0, 0.05) is 30.5 Å². The first kappa shape index (κ1) is 17.6. The highest BCUT2D eigenvalue weighted by molar-refractivity contribution is 6.07. The standard InChI is InChI=1S/C22H20N4O3/c27-22(24-17-13-23-26(14-17)18-8-10-28-11-9-18)16-6-7-20-19(12-16)21(29-25-20)15-4-2-1-3-5-15/h1-7,12-14,18H,8-11H2,(H,24,27). The highest BCUT2D eigenvalue weighted by Gasteiger charge is 2.18. The van der Waals surface area contributed by atoms with Gasteiger partial charge in [-0.25, -0.2) is 0 Å². The van der Waals surface area contributed by atoms with E-state index in [0.29, 0.717) is 28.6 Å². The Morgan fingerprint density at radius 3 is 2.76 bits per heavy atom. The molecule has 29 heavy (non-hydrogen) atoms. The van der Waals surface area contributed by atoms with Crippen molar-refractivity contribution in [1.82, 2.24) is 14.9 Å². The van der Waals surface area contributed by atoms with Crippen LogP contribution in [0.1, 0.15) is 29.2 Å². The van der Waals surface area contributed by atoms with E-state index in [1.54, 1.807) is 18.3 Å². The normalized spacial score (nSPS) is 14.9. The number of anilines is 1. The van der Waals surface area contributed by atoms with Gasteiger partial charge in [-0.1, -0.05) is 35.5 Å². The van der Waals surface area contributed by atoms with Gasteiger partial charge >= 0.3 is 0 Å². The fraction of sp³-hybridized carbons (Fsp3) is 0.227. The molecule has 0 unspecified atom stereocenters. The van der Waals surface area contributed by atoms with Crippen molar-refractivity contribution >= 4 is 22.5 Å². The number of ether oxygens (including phenoxy) is 1. The van der Waals surface area contributed by atoms with Gasteiger partial charge in [0.1, 0.15) is 5.52 Å². The number of rotatable bonds is 4. The zero-order valence-corrected chi connectivity index (χ0v) is 15.7. The van der Waals surface area contributed by atoms with Crippen LogP contribution < -0.4 is 5.32 Å². The third-order valence-electron chi connectivity index (χ3n) is 5.20. The summed E-state index contributed by atoms with van der Waals surface area (Å²) in [5.74, 6) is 0.459. The molecule has 7 heteroatoms. The third-order valence-corrected chi connectivity index (χ3v) is 5.20. The molecule has 2 aromatic carbocycles. The maximum Gasteiger partial charge on any atom is 0.255 e. The first-order chi connectivity index (χ1) is 14.3. The molecule has 0 bridgehead atoms. The van der Waals surface area contributed by atoms with Crippen molar-refractivity contribution in [3.63, 3.8) is 0 Å². The zero-order valence-electron chi connectivity index (χ0n) is 15.7. The Morgan fingerprint density at radius 1 is 1.10 bits per heavy atom. The smallest absolute Gasteiger partial charge is 0.255 e. The van der Waals surface area contributed by atoms with Crippen LogP contribution in [0, 0.1) is 0 Å². The molecule has 1 amide bonds. The van der Waals surface area contributed by atoms with E-state index in [2.05, 4.69) is 15.6 Å². The highest BCUT2D eigenvalue weighted by atomic mass is 16.5. The quantitative estimate of drug-likeness (QED) is 0.564. The lowest BCUT2D eigenvalue weighted by Gasteiger charge is -2.22. The highest BCUT2D eigenvalue weighted by Crippen LogP contribution is 2.29. The van der Waals surface area contributed by atoms with Crippen molar-refractivity contribution in [2.24, 2.45) is 0 Å². The number of hydrogen-bond acceptors (Lipinski definition) is 5. The number of carbonyl (C=O) groups is 1. The summed E-state index contributed by atoms with van der Waals surface area (Å²) in [6.07, 6.45) is 5.42. The van der Waals surface area contributed by atoms with E-state index in [-0.39, 0.29) is 5.91 Å². The van der Waals surface area contributed by atoms with Crippen molar-refractivity contribution in [1.29, 1.82) is 0 Å². The molecule has 4 aromatic rings. The van der Waals surface area contributed by atoms with Crippen LogP contribution in [0.5, 0.6) is 0 Å². The van der Waals surface area contributed by atoms with Crippen LogP contribution in [-0.4, -0.2) is 34.1 Å². The monoisotopic (exact) mass is 388 g/mol. The van der Waals surface area contributed by atoms with Crippen LogP contribution in [0.25, 0.3) is 22.2 Å². The molecule has 1 aliphatic heterocycles. The second-order valence-corrected chi connectivity index (χ2v) is 7.12. The Morgan fingerprint density at radius 2 is 1.93 bits per heavy atom. The van der Waals surface area contributed by atoms with Gasteiger partial charge < -0.3 is 14.6 Å². The number of aromatic nitrogens is 3. The van der Waals surface area contributed by atoms with E-state index >= 15 is 0 Å². The largest absolute Gasteiger partial charge is 0.381 e. The first-order valence-corrected chi connectivity index (χ1v) is 9.66. The predicted octanol–water partition coefficient (Wildman–Crippen LogP) is 4.30. The average molecular weight is 388 g/mol. The van der Waals surface area contributed by atoms with E-state index < -0.39 is 0 Å². The summed E-state index contributed by atoms with van der Waals surface area (Å²) in [5, 5.41) is 12.2. The SMILES string of the molecule is O=C(Nc1cnn(C2CCOCC2)c1)c1ccc2noc(-c3ccccc3)c2c1. The molecule has 5 rings (SSSR count). The molecule has 1 N–H and O–H groups in total. The number of amides is 1. The molecule has 7 nitrogen and oxygen atoms in total. The van der Waals surface area contributed by atoms with Crippen molar-refractivity contribution in [3.05, 3.63) is 66.5 Å². The lowest BCUT2D eigenvalue weighted by atomic mass is 10.1. The molecule has 0 radical (unpaired) electrons. The van der Waals surface area contributed by atoms with Gasteiger partial charge in [0.05, 0.1) is 23.3 Å². The van der Waals surface area contributed by atoms with Gasteiger partial charge in [0.15, 0.2) is 5.76 Å². The molecule has 3 heterocycles. The van der Waals surface area contributed by atoms with Gasteiger partial charge in [0.2, 0.25) is 0 Å². The summed E-state index contributed by atoms with van der Waals surface area (Å²) in [7, 11) is 0. The first-order valence-electron chi connectivity index (χ1n) is 9.66. The fourth-order valence-corrected chi connectivity index (χ4v) is 3.64. The minimum Gasteiger partial charge on any atom is -0.381 e. The van der Waals surface area contributed by atoms with E-state index in [0.717, 1.165) is 37.0 Å². The van der Waals surface area contributed by atoms with E-state index in [1.807, 2.05) is 47.3 Å². The number of hydrogen-bond donors (Lipinski definition) is 1. The predicted molar refractivity (Wildman–Crippen MR) is 109 cm³/mol. The maximum atomic E-state index is 12.8. The molecule has 0 atom stereocenters. The van der Waals surface area contributed by atoms with E-state index in [1.165, 1.54) is 0 Å². The second-order valence-electron chi connectivity index (χ2n) is 7.12. The Kier molecular flexibility index (Phi) is 4.57. The third kappa shape index (κ3) is 3.52. The van der Waals surface area contributed by atoms with Crippen molar-refractivity contribution in [2.75, 3.05) is 18.5 Å². The minimum atomic E-state index is -0.196. The summed E-state index contributed by atoms with van der Waals surface area (Å²) >= 11 is 0. The molecule has 1 aliphatic rings. The summed E-state index contributed by atoms with van der Waals surface area (Å²) in [6, 6.07) is 15.4. The van der Waals surface area contributed by atoms with Crippen molar-refractivity contribution < 1.29 is 14.1 Å². The zero-order chi connectivity index (χ0) is 19.6. The average Bonchev–Trinajstić information content (AvgIpc) is 3.41. The Balaban J connectivity index is 1.38. The Hall–Kier alpha value is -3.45. The molecule has 0 spiro atoms. The van der Waals surface area contributed by atoms with E-state index in [4.69, 9.17) is 9.26 Å². The molecular formula is C22H20N4O3. The lowest BCUT2D eigenvalue weighted by Crippen LogP contribution is -2.19. The summed E-state index contributed by atoms with van der Waals surface area (Å²) in [4.78, 5) is 12.8. The number of fused-ring (bicyclic) bond motifs is 1. The summed E-state index contributed by atoms with van der Waals surface area (Å²) < 4.78 is 12.8. The van der Waals surface area contributed by atoms with Crippen molar-refractivity contribution in [2.45, 2.75) is 18.9 Å². The molecule has 0 aliphatic carbocycles. The molecule has 1 fully saturated rings. The minimum absolute atomic E-state index is 0.196. The van der Waals surface area contributed by atoms with Gasteiger partial charge in [-0.05, 0) is 31.0 Å². The molecule has 1 saturated heterocycles. The number of carbonyl (C=O) groups excluding carboxylic acids is 1. The van der Waals surface area contributed by atoms with Crippen LogP contribution in [0.15, 0.2) is 65.4 Å². The Bertz CT molecular complexity index is 1140. The van der Waals surface area contributed by atoms with Gasteiger partial charge in [0.25, 0.3) is 5.91 Å². The molecule has 0 saturated carbocycles. The van der Waals surface area contributed by atoms with Gasteiger partial charge in [-0.15, -0.1) is 0 Å². The topological polar surface area (TPSA) is 82.2 Å². The molecule has 146 valence electrons. The summed E-state index contributed by atoms with van der Waals surface area (Å²) in [5.41, 5.74) is 2.85. The lowest BCUT2D eigenvalue weighted by molar-refractivity contribution is 0.0662. The fourth-order valence-electron chi connectivity index (χ4n) is 3.64. The van der Waals surface area contributed by atoms with Crippen LogP contribution in [0.4, 0.5) is 5.69 Å². The van der Waals surface area contributed by atoms with Crippen LogP contribution >= 0.6 is 0 Å². The summed E-state index contributed by atoms with van der Waals surface area (Å²) in [6.45, 7) is 1.49.